The Morgan fingerprint density at radius 2 is 1.94 bits per heavy atom. The van der Waals surface area contributed by atoms with Gasteiger partial charge in [0.05, 0.1) is 12.2 Å². The van der Waals surface area contributed by atoms with E-state index in [1.807, 2.05) is 24.4 Å². The lowest BCUT2D eigenvalue weighted by Gasteiger charge is -2.05. The summed E-state index contributed by atoms with van der Waals surface area (Å²) in [4.78, 5) is 27.9. The fraction of sp³-hybridized carbons (Fsp3) is 0.0909. The summed E-state index contributed by atoms with van der Waals surface area (Å²) >= 11 is 1.21. The van der Waals surface area contributed by atoms with E-state index < -0.39 is 5.82 Å². The summed E-state index contributed by atoms with van der Waals surface area (Å²) < 4.78 is 16.2. The van der Waals surface area contributed by atoms with E-state index in [-0.39, 0.29) is 17.4 Å². The Hall–Kier alpha value is -3.85. The average Bonchev–Trinajstić information content (AvgIpc) is 3.40. The Balaban J connectivity index is 1.42. The van der Waals surface area contributed by atoms with Crippen molar-refractivity contribution in [1.82, 2.24) is 14.8 Å². The molecule has 9 heteroatoms. The Labute approximate surface area is 181 Å². The van der Waals surface area contributed by atoms with Crippen molar-refractivity contribution in [2.45, 2.75) is 13.5 Å². The fourth-order valence-corrected chi connectivity index (χ4v) is 3.68. The summed E-state index contributed by atoms with van der Waals surface area (Å²) in [6, 6.07) is 13.5. The van der Waals surface area contributed by atoms with Crippen LogP contribution in [0.2, 0.25) is 0 Å². The van der Waals surface area contributed by atoms with Crippen LogP contribution in [0, 0.1) is 5.82 Å². The Morgan fingerprint density at radius 3 is 2.61 bits per heavy atom. The molecule has 0 unspecified atom stereocenters. The zero-order valence-corrected chi connectivity index (χ0v) is 17.3. The molecular formula is C22H18FN5O2S. The Kier molecular flexibility index (Phi) is 5.85. The number of halogens is 1. The van der Waals surface area contributed by atoms with Gasteiger partial charge in [0, 0.05) is 41.5 Å². The van der Waals surface area contributed by atoms with E-state index in [0.29, 0.717) is 28.6 Å². The first-order valence-electron chi connectivity index (χ1n) is 9.39. The van der Waals surface area contributed by atoms with E-state index >= 15 is 0 Å². The second kappa shape index (κ2) is 8.88. The Bertz CT molecular complexity index is 1220. The van der Waals surface area contributed by atoms with E-state index in [1.165, 1.54) is 24.3 Å². The summed E-state index contributed by atoms with van der Waals surface area (Å²) in [7, 11) is 0. The van der Waals surface area contributed by atoms with Crippen molar-refractivity contribution in [3.8, 4) is 11.3 Å². The smallest absolute Gasteiger partial charge is 0.257 e. The van der Waals surface area contributed by atoms with E-state index in [9.17, 15) is 14.0 Å². The SMILES string of the molecule is CC(=O)Nc1ccc(-c2csc(NC(=O)c3ccc(Cn4cccn4)cc3)n2)c(F)c1. The molecule has 0 radical (unpaired) electrons. The summed E-state index contributed by atoms with van der Waals surface area (Å²) in [6.07, 6.45) is 3.59. The third-order valence-corrected chi connectivity index (χ3v) is 5.17. The average molecular weight is 435 g/mol. The van der Waals surface area contributed by atoms with Crippen LogP contribution >= 0.6 is 11.3 Å². The molecule has 4 aromatic rings. The molecule has 7 nitrogen and oxygen atoms in total. The third-order valence-electron chi connectivity index (χ3n) is 4.41. The number of amides is 2. The molecule has 0 aliphatic carbocycles. The van der Waals surface area contributed by atoms with Gasteiger partial charge in [0.2, 0.25) is 5.91 Å². The first kappa shape index (κ1) is 20.4. The van der Waals surface area contributed by atoms with Crippen molar-refractivity contribution in [2.24, 2.45) is 0 Å². The second-order valence-corrected chi connectivity index (χ2v) is 7.63. The minimum Gasteiger partial charge on any atom is -0.326 e. The number of carbonyl (C=O) groups excluding carboxylic acids is 2. The predicted octanol–water partition coefficient (Wildman–Crippen LogP) is 4.40. The molecule has 0 saturated heterocycles. The van der Waals surface area contributed by atoms with Crippen molar-refractivity contribution in [1.29, 1.82) is 0 Å². The number of anilines is 2. The molecule has 0 bridgehead atoms. The molecule has 0 atom stereocenters. The van der Waals surface area contributed by atoms with Gasteiger partial charge in [-0.25, -0.2) is 9.37 Å². The van der Waals surface area contributed by atoms with Gasteiger partial charge in [-0.05, 0) is 42.0 Å². The highest BCUT2D eigenvalue weighted by Crippen LogP contribution is 2.29. The van der Waals surface area contributed by atoms with Gasteiger partial charge in [0.25, 0.3) is 5.91 Å². The second-order valence-electron chi connectivity index (χ2n) is 6.77. The quantitative estimate of drug-likeness (QED) is 0.470. The largest absolute Gasteiger partial charge is 0.326 e. The maximum Gasteiger partial charge on any atom is 0.257 e. The molecule has 0 fully saturated rings. The molecule has 0 spiro atoms. The van der Waals surface area contributed by atoms with E-state index in [2.05, 4.69) is 20.7 Å². The summed E-state index contributed by atoms with van der Waals surface area (Å²) in [5.74, 6) is -1.09. The first-order chi connectivity index (χ1) is 15.0. The van der Waals surface area contributed by atoms with Gasteiger partial charge in [0.15, 0.2) is 5.13 Å². The predicted molar refractivity (Wildman–Crippen MR) is 118 cm³/mol. The highest BCUT2D eigenvalue weighted by Gasteiger charge is 2.13. The molecule has 2 amide bonds. The third kappa shape index (κ3) is 5.01. The van der Waals surface area contributed by atoms with Crippen molar-refractivity contribution in [3.63, 3.8) is 0 Å². The highest BCUT2D eigenvalue weighted by molar-refractivity contribution is 7.14. The zero-order chi connectivity index (χ0) is 21.8. The van der Waals surface area contributed by atoms with E-state index in [0.717, 1.165) is 5.56 Å². The van der Waals surface area contributed by atoms with Crippen LogP contribution in [0.25, 0.3) is 11.3 Å². The molecule has 2 heterocycles. The standard InChI is InChI=1S/C22H18FN5O2S/c1-14(29)25-17-7-8-18(19(23)11-17)20-13-31-22(26-20)27-21(30)16-5-3-15(4-6-16)12-28-10-2-9-24-28/h2-11,13H,12H2,1H3,(H,25,29)(H,26,27,30). The molecular weight excluding hydrogens is 417 g/mol. The van der Waals surface area contributed by atoms with Crippen LogP contribution in [0.5, 0.6) is 0 Å². The van der Waals surface area contributed by atoms with Crippen LogP contribution in [0.1, 0.15) is 22.8 Å². The first-order valence-corrected chi connectivity index (χ1v) is 10.3. The molecule has 2 aromatic carbocycles. The summed E-state index contributed by atoms with van der Waals surface area (Å²) in [5, 5.41) is 11.5. The highest BCUT2D eigenvalue weighted by atomic mass is 32.1. The van der Waals surface area contributed by atoms with Gasteiger partial charge in [-0.2, -0.15) is 5.10 Å². The summed E-state index contributed by atoms with van der Waals surface area (Å²) in [5.41, 5.74) is 2.57. The number of nitrogens with one attached hydrogen (secondary N) is 2. The number of benzene rings is 2. The lowest BCUT2D eigenvalue weighted by molar-refractivity contribution is -0.114. The maximum absolute atomic E-state index is 14.4. The molecule has 31 heavy (non-hydrogen) atoms. The van der Waals surface area contributed by atoms with Gasteiger partial charge in [-0.1, -0.05) is 12.1 Å². The molecule has 2 aromatic heterocycles. The Morgan fingerprint density at radius 1 is 1.13 bits per heavy atom. The van der Waals surface area contributed by atoms with Crippen LogP contribution in [0.4, 0.5) is 15.2 Å². The lowest BCUT2D eigenvalue weighted by Crippen LogP contribution is -2.12. The molecule has 0 aliphatic rings. The van der Waals surface area contributed by atoms with Crippen LogP contribution in [0.3, 0.4) is 0 Å². The minimum absolute atomic E-state index is 0.278. The fourth-order valence-electron chi connectivity index (χ4n) is 2.97. The minimum atomic E-state index is -0.512. The van der Waals surface area contributed by atoms with Gasteiger partial charge in [-0.15, -0.1) is 11.3 Å². The topological polar surface area (TPSA) is 88.9 Å². The molecule has 0 saturated carbocycles. The van der Waals surface area contributed by atoms with Crippen molar-refractivity contribution < 1.29 is 14.0 Å². The van der Waals surface area contributed by atoms with E-state index in [4.69, 9.17) is 0 Å². The number of carbonyl (C=O) groups is 2. The zero-order valence-electron chi connectivity index (χ0n) is 16.5. The van der Waals surface area contributed by atoms with Crippen LogP contribution in [-0.2, 0) is 11.3 Å². The number of rotatable bonds is 6. The summed E-state index contributed by atoms with van der Waals surface area (Å²) in [6.45, 7) is 1.98. The van der Waals surface area contributed by atoms with Crippen molar-refractivity contribution in [2.75, 3.05) is 10.6 Å². The van der Waals surface area contributed by atoms with Gasteiger partial charge < -0.3 is 5.32 Å². The number of hydrogen-bond donors (Lipinski definition) is 2. The van der Waals surface area contributed by atoms with Crippen LogP contribution in [0.15, 0.2) is 66.3 Å². The van der Waals surface area contributed by atoms with E-state index in [1.54, 1.807) is 40.5 Å². The molecule has 0 aliphatic heterocycles. The van der Waals surface area contributed by atoms with Crippen LogP contribution < -0.4 is 10.6 Å². The van der Waals surface area contributed by atoms with Crippen molar-refractivity contribution >= 4 is 34.0 Å². The number of aromatic nitrogens is 3. The molecule has 2 N–H and O–H groups in total. The monoisotopic (exact) mass is 435 g/mol. The van der Waals surface area contributed by atoms with Crippen LogP contribution in [-0.4, -0.2) is 26.6 Å². The normalized spacial score (nSPS) is 10.6. The molecule has 4 rings (SSSR count). The van der Waals surface area contributed by atoms with Gasteiger partial charge in [0.1, 0.15) is 5.82 Å². The lowest BCUT2D eigenvalue weighted by atomic mass is 10.1. The van der Waals surface area contributed by atoms with Gasteiger partial charge >= 0.3 is 0 Å². The van der Waals surface area contributed by atoms with Crippen molar-refractivity contribution in [3.05, 3.63) is 83.2 Å². The molecule has 156 valence electrons. The van der Waals surface area contributed by atoms with Gasteiger partial charge in [-0.3, -0.25) is 19.6 Å². The number of thiazole rings is 1. The maximum atomic E-state index is 14.4. The number of nitrogens with zero attached hydrogens (tertiary/aromatic N) is 3. The number of hydrogen-bond acceptors (Lipinski definition) is 5.